The van der Waals surface area contributed by atoms with Crippen LogP contribution in [-0.4, -0.2) is 53.4 Å². The summed E-state index contributed by atoms with van der Waals surface area (Å²) in [6.45, 7) is 1.94. The molecule has 8 nitrogen and oxygen atoms in total. The summed E-state index contributed by atoms with van der Waals surface area (Å²) < 4.78 is 5.15. The van der Waals surface area contributed by atoms with Crippen molar-refractivity contribution >= 4 is 18.2 Å². The molecule has 0 atom stereocenters. The summed E-state index contributed by atoms with van der Waals surface area (Å²) in [6.07, 6.45) is 0.318. The number of nitro benzene ring substituents is 1. The average Bonchev–Trinajstić information content (AvgIpc) is 2.53. The maximum absolute atomic E-state index is 11.8. The Morgan fingerprint density at radius 2 is 1.86 bits per heavy atom. The van der Waals surface area contributed by atoms with Gasteiger partial charge in [0.15, 0.2) is 0 Å². The zero-order chi connectivity index (χ0) is 15.2. The third-order valence-corrected chi connectivity index (χ3v) is 3.23. The van der Waals surface area contributed by atoms with Gasteiger partial charge in [-0.05, 0) is 17.7 Å². The molecule has 0 unspecified atom stereocenters. The second kappa shape index (κ2) is 6.69. The highest BCUT2D eigenvalue weighted by Gasteiger charge is 2.21. The molecule has 1 heterocycles. The molecule has 0 N–H and O–H groups in total. The Balaban J connectivity index is 1.81. The first-order valence-electron chi connectivity index (χ1n) is 6.44. The second-order valence-electron chi connectivity index (χ2n) is 4.61. The Morgan fingerprint density at radius 1 is 1.24 bits per heavy atom. The van der Waals surface area contributed by atoms with Crippen LogP contribution < -0.4 is 0 Å². The molecule has 0 saturated carbocycles. The van der Waals surface area contributed by atoms with E-state index in [2.05, 4.69) is 0 Å². The minimum absolute atomic E-state index is 0.00457. The summed E-state index contributed by atoms with van der Waals surface area (Å²) in [6, 6.07) is 5.84. The highest BCUT2D eigenvalue weighted by molar-refractivity contribution is 5.68. The molecule has 0 aliphatic carbocycles. The van der Waals surface area contributed by atoms with Crippen molar-refractivity contribution in [2.75, 3.05) is 26.2 Å². The molecule has 1 saturated heterocycles. The van der Waals surface area contributed by atoms with E-state index in [4.69, 9.17) is 4.74 Å². The Bertz CT molecular complexity index is 523. The molecule has 1 aliphatic heterocycles. The molecule has 1 aliphatic rings. The second-order valence-corrected chi connectivity index (χ2v) is 4.61. The first-order chi connectivity index (χ1) is 10.1. The molecular weight excluding hydrogens is 278 g/mol. The van der Waals surface area contributed by atoms with E-state index < -0.39 is 11.0 Å². The maximum Gasteiger partial charge on any atom is 0.410 e. The van der Waals surface area contributed by atoms with Crippen LogP contribution in [0.3, 0.4) is 0 Å². The van der Waals surface area contributed by atoms with Gasteiger partial charge in [0, 0.05) is 38.3 Å². The summed E-state index contributed by atoms with van der Waals surface area (Å²) in [5, 5.41) is 10.5. The summed E-state index contributed by atoms with van der Waals surface area (Å²) in [5.74, 6) is 0. The van der Waals surface area contributed by atoms with Crippen molar-refractivity contribution in [3.05, 3.63) is 39.9 Å². The van der Waals surface area contributed by atoms with Crippen molar-refractivity contribution in [1.82, 2.24) is 9.80 Å². The van der Waals surface area contributed by atoms with Gasteiger partial charge in [0.25, 0.3) is 5.69 Å². The predicted octanol–water partition coefficient (Wildman–Crippen LogP) is 1.01. The number of rotatable bonds is 4. The normalized spacial score (nSPS) is 14.7. The fraction of sp³-hybridized carbons (Fsp3) is 0.385. The molecular formula is C13H15N3O5. The van der Waals surface area contributed by atoms with Crippen LogP contribution in [0.15, 0.2) is 24.3 Å². The van der Waals surface area contributed by atoms with E-state index in [0.29, 0.717) is 31.7 Å². The molecule has 112 valence electrons. The van der Waals surface area contributed by atoms with Gasteiger partial charge in [0.05, 0.1) is 4.92 Å². The monoisotopic (exact) mass is 293 g/mol. The van der Waals surface area contributed by atoms with E-state index in [0.717, 1.165) is 6.41 Å². The van der Waals surface area contributed by atoms with Gasteiger partial charge in [-0.25, -0.2) is 4.79 Å². The molecule has 1 aromatic rings. The quantitative estimate of drug-likeness (QED) is 0.469. The third-order valence-electron chi connectivity index (χ3n) is 3.23. The zero-order valence-electron chi connectivity index (χ0n) is 11.3. The van der Waals surface area contributed by atoms with Gasteiger partial charge in [-0.3, -0.25) is 14.9 Å². The Kier molecular flexibility index (Phi) is 4.70. The van der Waals surface area contributed by atoms with Crippen molar-refractivity contribution in [3.8, 4) is 0 Å². The topological polar surface area (TPSA) is 93.0 Å². The lowest BCUT2D eigenvalue weighted by molar-refractivity contribution is -0.384. The van der Waals surface area contributed by atoms with E-state index in [-0.39, 0.29) is 12.3 Å². The van der Waals surface area contributed by atoms with E-state index in [1.54, 1.807) is 17.0 Å². The number of piperazine rings is 1. The maximum atomic E-state index is 11.8. The van der Waals surface area contributed by atoms with Crippen molar-refractivity contribution in [2.24, 2.45) is 0 Å². The predicted molar refractivity (Wildman–Crippen MR) is 72.5 cm³/mol. The minimum Gasteiger partial charge on any atom is -0.445 e. The molecule has 1 fully saturated rings. The SMILES string of the molecule is O=CN1CCN(C(=O)OCc2ccc([N+](=O)[O-])cc2)CC1. The standard InChI is InChI=1S/C13H15N3O5/c17-10-14-5-7-15(8-6-14)13(18)21-9-11-1-3-12(4-2-11)16(19)20/h1-4,10H,5-9H2. The van der Waals surface area contributed by atoms with Crippen LogP contribution in [0.2, 0.25) is 0 Å². The summed E-state index contributed by atoms with van der Waals surface area (Å²) in [4.78, 5) is 35.6. The van der Waals surface area contributed by atoms with E-state index in [1.165, 1.54) is 17.0 Å². The van der Waals surface area contributed by atoms with Crippen molar-refractivity contribution in [1.29, 1.82) is 0 Å². The number of hydrogen-bond donors (Lipinski definition) is 0. The highest BCUT2D eigenvalue weighted by Crippen LogP contribution is 2.13. The van der Waals surface area contributed by atoms with E-state index >= 15 is 0 Å². The molecule has 21 heavy (non-hydrogen) atoms. The van der Waals surface area contributed by atoms with Gasteiger partial charge < -0.3 is 14.5 Å². The fourth-order valence-corrected chi connectivity index (χ4v) is 1.96. The summed E-state index contributed by atoms with van der Waals surface area (Å²) in [5.41, 5.74) is 0.676. The number of carbonyl (C=O) groups excluding carboxylic acids is 2. The number of carbonyl (C=O) groups is 2. The average molecular weight is 293 g/mol. The van der Waals surface area contributed by atoms with Crippen LogP contribution in [0.1, 0.15) is 5.56 Å². The van der Waals surface area contributed by atoms with E-state index in [9.17, 15) is 19.7 Å². The number of benzene rings is 1. The van der Waals surface area contributed by atoms with Gasteiger partial charge in [0.1, 0.15) is 6.61 Å². The van der Waals surface area contributed by atoms with Gasteiger partial charge in [0.2, 0.25) is 6.41 Å². The van der Waals surface area contributed by atoms with Gasteiger partial charge in [-0.15, -0.1) is 0 Å². The van der Waals surface area contributed by atoms with Crippen molar-refractivity contribution in [2.45, 2.75) is 6.61 Å². The van der Waals surface area contributed by atoms with Crippen LogP contribution in [0, 0.1) is 10.1 Å². The van der Waals surface area contributed by atoms with Crippen LogP contribution in [0.25, 0.3) is 0 Å². The lowest BCUT2D eigenvalue weighted by atomic mass is 10.2. The number of hydrogen-bond acceptors (Lipinski definition) is 5. The largest absolute Gasteiger partial charge is 0.445 e. The Labute approximate surface area is 121 Å². The van der Waals surface area contributed by atoms with Crippen LogP contribution in [0.4, 0.5) is 10.5 Å². The van der Waals surface area contributed by atoms with Crippen LogP contribution >= 0.6 is 0 Å². The number of ether oxygens (including phenoxy) is 1. The Morgan fingerprint density at radius 3 is 2.38 bits per heavy atom. The lowest BCUT2D eigenvalue weighted by Gasteiger charge is -2.31. The van der Waals surface area contributed by atoms with Gasteiger partial charge in [-0.2, -0.15) is 0 Å². The molecule has 0 bridgehead atoms. The molecule has 2 rings (SSSR count). The van der Waals surface area contributed by atoms with Gasteiger partial charge >= 0.3 is 6.09 Å². The number of nitro groups is 1. The number of nitrogens with zero attached hydrogens (tertiary/aromatic N) is 3. The van der Waals surface area contributed by atoms with Crippen molar-refractivity contribution in [3.63, 3.8) is 0 Å². The Hall–Kier alpha value is -2.64. The van der Waals surface area contributed by atoms with Crippen molar-refractivity contribution < 1.29 is 19.2 Å². The highest BCUT2D eigenvalue weighted by atomic mass is 16.6. The van der Waals surface area contributed by atoms with Gasteiger partial charge in [-0.1, -0.05) is 0 Å². The molecule has 0 spiro atoms. The number of non-ortho nitro benzene ring substituents is 1. The smallest absolute Gasteiger partial charge is 0.410 e. The van der Waals surface area contributed by atoms with Crippen LogP contribution in [0.5, 0.6) is 0 Å². The summed E-state index contributed by atoms with van der Waals surface area (Å²) >= 11 is 0. The molecule has 0 radical (unpaired) electrons. The lowest BCUT2D eigenvalue weighted by Crippen LogP contribution is -2.48. The molecule has 8 heteroatoms. The third kappa shape index (κ3) is 3.91. The zero-order valence-corrected chi connectivity index (χ0v) is 11.3. The molecule has 1 aromatic carbocycles. The first-order valence-corrected chi connectivity index (χ1v) is 6.44. The molecule has 2 amide bonds. The first kappa shape index (κ1) is 14.8. The number of amides is 2. The minimum atomic E-state index is -0.484. The fourth-order valence-electron chi connectivity index (χ4n) is 1.96. The van der Waals surface area contributed by atoms with Crippen LogP contribution in [-0.2, 0) is 16.1 Å². The summed E-state index contributed by atoms with van der Waals surface area (Å²) in [7, 11) is 0. The molecule has 0 aromatic heterocycles. The van der Waals surface area contributed by atoms with E-state index in [1.807, 2.05) is 0 Å².